The topological polar surface area (TPSA) is 77.3 Å². The molecule has 5 nitrogen and oxygen atoms in total. The molecule has 0 bridgehead atoms. The average Bonchev–Trinajstić information content (AvgIpc) is 2.19. The molecule has 0 aromatic heterocycles. The van der Waals surface area contributed by atoms with E-state index in [1.165, 1.54) is 12.1 Å². The molecular weight excluding hydrogens is 218 g/mol. The number of carbonyl (C=O) groups is 1. The van der Waals surface area contributed by atoms with Gasteiger partial charge in [0.2, 0.25) is 11.3 Å². The van der Waals surface area contributed by atoms with Crippen LogP contribution in [0.15, 0.2) is 24.3 Å². The van der Waals surface area contributed by atoms with Gasteiger partial charge < -0.3 is 4.55 Å². The minimum absolute atomic E-state index is 0.0231. The van der Waals surface area contributed by atoms with Crippen LogP contribution in [0.4, 0.5) is 0 Å². The molecule has 1 aromatic carbocycles. The van der Waals surface area contributed by atoms with Crippen molar-refractivity contribution in [3.8, 4) is 0 Å². The SMILES string of the molecule is Cc1ccc(C(=O)[N+](=C=O)S(=O)[O-])cc1. The molecule has 1 unspecified atom stereocenters. The number of rotatable bonds is 2. The smallest absolute Gasteiger partial charge is 0.449 e. The number of carbonyl (C=O) groups excluding carboxylic acids is 2. The first-order valence-corrected chi connectivity index (χ1v) is 4.97. The number of amides is 1. The number of hydrogen-bond acceptors (Lipinski definition) is 4. The Morgan fingerprint density at radius 2 is 1.93 bits per heavy atom. The van der Waals surface area contributed by atoms with E-state index in [2.05, 4.69) is 0 Å². The molecule has 0 aliphatic rings. The van der Waals surface area contributed by atoms with E-state index in [4.69, 9.17) is 0 Å². The van der Waals surface area contributed by atoms with Crippen LogP contribution < -0.4 is 0 Å². The Labute approximate surface area is 88.5 Å². The highest BCUT2D eigenvalue weighted by Gasteiger charge is 2.22. The number of benzene rings is 1. The molecule has 1 amide bonds. The van der Waals surface area contributed by atoms with Crippen LogP contribution in [0.2, 0.25) is 0 Å². The lowest BCUT2D eigenvalue weighted by Crippen LogP contribution is -2.22. The molecule has 0 aliphatic carbocycles. The van der Waals surface area contributed by atoms with Gasteiger partial charge in [-0.1, -0.05) is 17.7 Å². The maximum absolute atomic E-state index is 11.4. The third-order valence-electron chi connectivity index (χ3n) is 1.71. The molecule has 0 aliphatic heterocycles. The van der Waals surface area contributed by atoms with E-state index in [0.29, 0.717) is 0 Å². The lowest BCUT2D eigenvalue weighted by molar-refractivity contribution is -0.260. The maximum atomic E-state index is 11.4. The molecule has 1 atom stereocenters. The zero-order valence-corrected chi connectivity index (χ0v) is 8.61. The van der Waals surface area contributed by atoms with E-state index in [1.807, 2.05) is 6.92 Å². The second-order valence-electron chi connectivity index (χ2n) is 2.77. The van der Waals surface area contributed by atoms with Gasteiger partial charge in [-0.2, -0.15) is 9.00 Å². The zero-order valence-electron chi connectivity index (χ0n) is 7.80. The number of hydrogen-bond donors (Lipinski definition) is 0. The summed E-state index contributed by atoms with van der Waals surface area (Å²) in [5.74, 6) is -0.918. The lowest BCUT2D eigenvalue weighted by atomic mass is 10.1. The molecule has 0 fully saturated rings. The van der Waals surface area contributed by atoms with Crippen molar-refractivity contribution in [2.45, 2.75) is 6.92 Å². The van der Waals surface area contributed by atoms with Gasteiger partial charge in [0.15, 0.2) is 0 Å². The first-order valence-electron chi connectivity index (χ1n) is 3.94. The second-order valence-corrected chi connectivity index (χ2v) is 3.57. The zero-order chi connectivity index (χ0) is 11.4. The Kier molecular flexibility index (Phi) is 3.62. The molecule has 1 rings (SSSR count). The Balaban J connectivity index is 3.10. The van der Waals surface area contributed by atoms with Gasteiger partial charge in [0.25, 0.3) is 0 Å². The van der Waals surface area contributed by atoms with Gasteiger partial charge in [0.1, 0.15) is 0 Å². The molecule has 0 N–H and O–H groups in total. The summed E-state index contributed by atoms with van der Waals surface area (Å²) in [6.45, 7) is 1.82. The fourth-order valence-electron chi connectivity index (χ4n) is 0.953. The van der Waals surface area contributed by atoms with Crippen molar-refractivity contribution in [3.63, 3.8) is 0 Å². The van der Waals surface area contributed by atoms with Crippen molar-refractivity contribution in [2.75, 3.05) is 0 Å². The lowest BCUT2D eigenvalue weighted by Gasteiger charge is -1.97. The minimum atomic E-state index is -2.93. The van der Waals surface area contributed by atoms with Gasteiger partial charge in [0, 0.05) is 3.98 Å². The molecular formula is C9H7NO4S. The fraction of sp³-hybridized carbons (Fsp3) is 0.111. The Morgan fingerprint density at radius 3 is 2.33 bits per heavy atom. The van der Waals surface area contributed by atoms with Gasteiger partial charge in [-0.3, -0.25) is 0 Å². The molecule has 0 saturated carbocycles. The summed E-state index contributed by atoms with van der Waals surface area (Å²) in [5, 5.41) is 0. The summed E-state index contributed by atoms with van der Waals surface area (Å²) in [6, 6.07) is 6.16. The van der Waals surface area contributed by atoms with Gasteiger partial charge in [0.05, 0.1) is 5.56 Å². The van der Waals surface area contributed by atoms with Crippen LogP contribution in [0.5, 0.6) is 0 Å². The summed E-state index contributed by atoms with van der Waals surface area (Å²) < 4.78 is 20.9. The van der Waals surface area contributed by atoms with Crippen molar-refractivity contribution in [2.24, 2.45) is 0 Å². The average molecular weight is 225 g/mol. The predicted octanol–water partition coefficient (Wildman–Crippen LogP) is 0.278. The number of isocyanates is 1. The number of nitrogens with zero attached hydrogens (tertiary/aromatic N) is 1. The van der Waals surface area contributed by atoms with Gasteiger partial charge >= 0.3 is 12.0 Å². The van der Waals surface area contributed by atoms with E-state index in [1.54, 1.807) is 12.1 Å². The standard InChI is InChI=1S/C9H7NO4S/c1-7-2-4-8(5-3-7)9(12)10(6-11)15(13)14/h2-5H,1H3. The van der Waals surface area contributed by atoms with Crippen molar-refractivity contribution in [3.05, 3.63) is 35.4 Å². The first-order chi connectivity index (χ1) is 7.06. The van der Waals surface area contributed by atoms with E-state index in [9.17, 15) is 18.4 Å². The van der Waals surface area contributed by atoms with Crippen LogP contribution in [0, 0.1) is 6.92 Å². The molecule has 0 spiro atoms. The summed E-state index contributed by atoms with van der Waals surface area (Å²) in [6.07, 6.45) is 1.04. The number of aryl methyl sites for hydroxylation is 1. The van der Waals surface area contributed by atoms with Crippen LogP contribution in [0.1, 0.15) is 15.9 Å². The van der Waals surface area contributed by atoms with E-state index >= 15 is 0 Å². The first kappa shape index (κ1) is 11.5. The second kappa shape index (κ2) is 4.75. The van der Waals surface area contributed by atoms with Crippen LogP contribution in [0.25, 0.3) is 0 Å². The fourth-order valence-corrected chi connectivity index (χ4v) is 1.25. The molecule has 0 saturated heterocycles. The highest BCUT2D eigenvalue weighted by atomic mass is 32.2. The van der Waals surface area contributed by atoms with Crippen molar-refractivity contribution >= 4 is 23.3 Å². The largest absolute Gasteiger partial charge is 0.715 e. The molecule has 0 radical (unpaired) electrons. The molecule has 1 aromatic rings. The summed E-state index contributed by atoms with van der Waals surface area (Å²) in [7, 11) is 0. The van der Waals surface area contributed by atoms with Crippen LogP contribution in [-0.4, -0.2) is 24.7 Å². The van der Waals surface area contributed by atoms with Crippen LogP contribution in [0.3, 0.4) is 0 Å². The van der Waals surface area contributed by atoms with Crippen molar-refractivity contribution < 1.29 is 22.3 Å². The molecule has 0 heterocycles. The Hall–Kier alpha value is -1.62. The highest BCUT2D eigenvalue weighted by Crippen LogP contribution is 2.04. The van der Waals surface area contributed by atoms with Gasteiger partial charge in [-0.25, -0.2) is 4.79 Å². The molecule has 15 heavy (non-hydrogen) atoms. The van der Waals surface area contributed by atoms with Gasteiger partial charge in [-0.15, -0.1) is 0 Å². The Morgan fingerprint density at radius 1 is 1.40 bits per heavy atom. The predicted molar refractivity (Wildman–Crippen MR) is 50.4 cm³/mol. The normalized spacial score (nSPS) is 11.6. The summed E-state index contributed by atoms with van der Waals surface area (Å²) in [4.78, 5) is 21.6. The monoisotopic (exact) mass is 225 g/mol. The molecule has 78 valence electrons. The minimum Gasteiger partial charge on any atom is -0.715 e. The summed E-state index contributed by atoms with van der Waals surface area (Å²) >= 11 is -2.93. The third-order valence-corrected chi connectivity index (χ3v) is 2.25. The molecule has 6 heteroatoms. The van der Waals surface area contributed by atoms with Gasteiger partial charge in [-0.05, 0) is 19.1 Å². The van der Waals surface area contributed by atoms with Crippen LogP contribution in [-0.2, 0) is 16.1 Å². The van der Waals surface area contributed by atoms with Crippen molar-refractivity contribution in [1.82, 2.24) is 0 Å². The van der Waals surface area contributed by atoms with Crippen LogP contribution >= 0.6 is 0 Å². The maximum Gasteiger partial charge on any atom is 0.449 e. The quantitative estimate of drug-likeness (QED) is 0.313. The highest BCUT2D eigenvalue weighted by molar-refractivity contribution is 7.73. The summed E-state index contributed by atoms with van der Waals surface area (Å²) in [5.41, 5.74) is 1.05. The van der Waals surface area contributed by atoms with E-state index in [0.717, 1.165) is 11.6 Å². The van der Waals surface area contributed by atoms with E-state index in [-0.39, 0.29) is 9.54 Å². The third kappa shape index (κ3) is 2.66. The van der Waals surface area contributed by atoms with Crippen molar-refractivity contribution in [1.29, 1.82) is 0 Å². The van der Waals surface area contributed by atoms with E-state index < -0.39 is 17.2 Å². The Bertz CT molecular complexity index is 460.